The van der Waals surface area contributed by atoms with E-state index in [2.05, 4.69) is 10.6 Å². The number of nitrogens with one attached hydrogen (secondary N) is 2. The lowest BCUT2D eigenvalue weighted by Crippen LogP contribution is -2.30. The summed E-state index contributed by atoms with van der Waals surface area (Å²) in [6.45, 7) is 0. The van der Waals surface area contributed by atoms with E-state index >= 15 is 0 Å². The number of anilines is 2. The molecule has 2 aromatic carbocycles. The molecule has 3 rings (SSSR count). The fraction of sp³-hybridized carbons (Fsp3) is 0.222. The Kier molecular flexibility index (Phi) is 5.07. The second kappa shape index (κ2) is 7.24. The predicted molar refractivity (Wildman–Crippen MR) is 96.6 cm³/mol. The van der Waals surface area contributed by atoms with Crippen LogP contribution in [0.2, 0.25) is 10.0 Å². The summed E-state index contributed by atoms with van der Waals surface area (Å²) in [5.41, 5.74) is 2.51. The molecule has 0 saturated heterocycles. The number of hydrogen-bond acceptors (Lipinski definition) is 2. The highest BCUT2D eigenvalue weighted by Crippen LogP contribution is 2.28. The van der Waals surface area contributed by atoms with Gasteiger partial charge in [-0.05, 0) is 42.7 Å². The molecule has 124 valence electrons. The van der Waals surface area contributed by atoms with Crippen LogP contribution >= 0.6 is 23.2 Å². The van der Waals surface area contributed by atoms with Crippen molar-refractivity contribution < 1.29 is 9.59 Å². The molecule has 1 atom stereocenters. The van der Waals surface area contributed by atoms with Crippen LogP contribution < -0.4 is 10.6 Å². The van der Waals surface area contributed by atoms with Gasteiger partial charge in [0.25, 0.3) is 0 Å². The summed E-state index contributed by atoms with van der Waals surface area (Å²) in [5.74, 6) is -0.402. The lowest BCUT2D eigenvalue weighted by molar-refractivity contribution is -0.121. The third kappa shape index (κ3) is 4.08. The average Bonchev–Trinajstić information content (AvgIpc) is 2.52. The van der Waals surface area contributed by atoms with Crippen molar-refractivity contribution in [3.63, 3.8) is 0 Å². The molecule has 0 aliphatic carbocycles. The maximum absolute atomic E-state index is 12.1. The van der Waals surface area contributed by atoms with Gasteiger partial charge >= 0.3 is 0 Å². The summed E-state index contributed by atoms with van der Waals surface area (Å²) in [5, 5.41) is 6.57. The van der Waals surface area contributed by atoms with Gasteiger partial charge in [-0.1, -0.05) is 41.4 Å². The van der Waals surface area contributed by atoms with Crippen molar-refractivity contribution in [1.82, 2.24) is 0 Å². The summed E-state index contributed by atoms with van der Waals surface area (Å²) in [6, 6.07) is 12.6. The molecule has 0 aromatic heterocycles. The molecule has 2 N–H and O–H groups in total. The first-order valence-corrected chi connectivity index (χ1v) is 8.41. The minimum Gasteiger partial charge on any atom is -0.326 e. The first-order chi connectivity index (χ1) is 11.5. The fourth-order valence-electron chi connectivity index (χ4n) is 2.80. The molecular weight excluding hydrogens is 347 g/mol. The van der Waals surface area contributed by atoms with Gasteiger partial charge in [0.2, 0.25) is 11.8 Å². The van der Waals surface area contributed by atoms with Gasteiger partial charge in [-0.15, -0.1) is 0 Å². The van der Waals surface area contributed by atoms with Gasteiger partial charge in [-0.25, -0.2) is 0 Å². The highest BCUT2D eigenvalue weighted by Gasteiger charge is 2.26. The number of para-hydroxylation sites is 1. The monoisotopic (exact) mass is 362 g/mol. The van der Waals surface area contributed by atoms with Crippen molar-refractivity contribution in [3.8, 4) is 0 Å². The van der Waals surface area contributed by atoms with Crippen molar-refractivity contribution in [2.75, 3.05) is 10.6 Å². The molecule has 6 heteroatoms. The number of fused-ring (bicyclic) bond motifs is 1. The Morgan fingerprint density at radius 3 is 2.62 bits per heavy atom. The van der Waals surface area contributed by atoms with Crippen molar-refractivity contribution in [2.24, 2.45) is 5.92 Å². The van der Waals surface area contributed by atoms with Crippen LogP contribution in [0.25, 0.3) is 0 Å². The molecule has 0 radical (unpaired) electrons. The topological polar surface area (TPSA) is 58.2 Å². The van der Waals surface area contributed by atoms with E-state index in [4.69, 9.17) is 23.2 Å². The zero-order valence-electron chi connectivity index (χ0n) is 12.8. The molecule has 24 heavy (non-hydrogen) atoms. The minimum atomic E-state index is -0.200. The molecule has 1 unspecified atom stereocenters. The first-order valence-electron chi connectivity index (χ1n) is 7.66. The summed E-state index contributed by atoms with van der Waals surface area (Å²) in [7, 11) is 0. The summed E-state index contributed by atoms with van der Waals surface area (Å²) < 4.78 is 0. The van der Waals surface area contributed by atoms with Crippen molar-refractivity contribution in [2.45, 2.75) is 19.3 Å². The van der Waals surface area contributed by atoms with Crippen LogP contribution in [0.4, 0.5) is 11.4 Å². The second-order valence-corrected chi connectivity index (χ2v) is 6.67. The predicted octanol–water partition coefficient (Wildman–Crippen LogP) is 4.52. The Labute approximate surface area is 150 Å². The maximum Gasteiger partial charge on any atom is 0.227 e. The van der Waals surface area contributed by atoms with Crippen molar-refractivity contribution in [3.05, 3.63) is 58.1 Å². The third-order valence-electron chi connectivity index (χ3n) is 3.98. The highest BCUT2D eigenvalue weighted by atomic mass is 35.5. The van der Waals surface area contributed by atoms with Crippen LogP contribution in [0.15, 0.2) is 42.5 Å². The van der Waals surface area contributed by atoms with E-state index in [1.807, 2.05) is 24.3 Å². The number of rotatable bonds is 4. The van der Waals surface area contributed by atoms with E-state index in [9.17, 15) is 9.59 Å². The molecule has 4 nitrogen and oxygen atoms in total. The van der Waals surface area contributed by atoms with Gasteiger partial charge in [-0.3, -0.25) is 9.59 Å². The molecule has 1 aliphatic heterocycles. The van der Waals surface area contributed by atoms with Crippen LogP contribution in [0.3, 0.4) is 0 Å². The Morgan fingerprint density at radius 2 is 1.88 bits per heavy atom. The largest absolute Gasteiger partial charge is 0.326 e. The zero-order chi connectivity index (χ0) is 17.1. The average molecular weight is 363 g/mol. The van der Waals surface area contributed by atoms with Gasteiger partial charge in [0.15, 0.2) is 0 Å². The molecule has 0 spiro atoms. The number of halogens is 2. The van der Waals surface area contributed by atoms with Crippen LogP contribution in [-0.4, -0.2) is 11.8 Å². The molecular formula is C18H16Cl2N2O2. The Balaban J connectivity index is 1.57. The minimum absolute atomic E-state index is 0.0349. The number of benzene rings is 2. The van der Waals surface area contributed by atoms with Crippen molar-refractivity contribution in [1.29, 1.82) is 0 Å². The zero-order valence-corrected chi connectivity index (χ0v) is 14.3. The highest BCUT2D eigenvalue weighted by molar-refractivity contribution is 6.35. The van der Waals surface area contributed by atoms with Gasteiger partial charge in [-0.2, -0.15) is 0 Å². The molecule has 0 bridgehead atoms. The van der Waals surface area contributed by atoms with Crippen LogP contribution in [0.1, 0.15) is 18.4 Å². The Hall–Kier alpha value is -2.04. The summed E-state index contributed by atoms with van der Waals surface area (Å²) >= 11 is 11.8. The number of amides is 2. The van der Waals surface area contributed by atoms with Gasteiger partial charge in [0.05, 0.1) is 0 Å². The quantitative estimate of drug-likeness (QED) is 0.839. The lowest BCUT2D eigenvalue weighted by atomic mass is 9.89. The van der Waals surface area contributed by atoms with E-state index in [0.29, 0.717) is 28.6 Å². The van der Waals surface area contributed by atoms with E-state index in [1.165, 1.54) is 0 Å². The Morgan fingerprint density at radius 1 is 1.17 bits per heavy atom. The maximum atomic E-state index is 12.1. The van der Waals surface area contributed by atoms with Gasteiger partial charge < -0.3 is 10.6 Å². The second-order valence-electron chi connectivity index (χ2n) is 5.79. The van der Waals surface area contributed by atoms with Crippen LogP contribution in [0, 0.1) is 5.92 Å². The normalized spacial score (nSPS) is 16.2. The van der Waals surface area contributed by atoms with E-state index < -0.39 is 0 Å². The lowest BCUT2D eigenvalue weighted by Gasteiger charge is -2.24. The van der Waals surface area contributed by atoms with Gasteiger partial charge in [0.1, 0.15) is 0 Å². The third-order valence-corrected chi connectivity index (χ3v) is 4.41. The van der Waals surface area contributed by atoms with E-state index in [1.54, 1.807) is 18.2 Å². The standard InChI is InChI=1S/C18H16Cl2N2O2/c19-13-8-14(20)10-15(9-13)21-17(23)6-5-12-7-11-3-1-2-4-16(11)22-18(12)24/h1-4,8-10,12H,5-7H2,(H,21,23)(H,22,24). The number of carbonyl (C=O) groups is 2. The van der Waals surface area contributed by atoms with E-state index in [-0.39, 0.29) is 24.2 Å². The summed E-state index contributed by atoms with van der Waals surface area (Å²) in [4.78, 5) is 24.2. The fourth-order valence-corrected chi connectivity index (χ4v) is 3.33. The van der Waals surface area contributed by atoms with Crippen LogP contribution in [0.5, 0.6) is 0 Å². The molecule has 1 heterocycles. The Bertz CT molecular complexity index is 772. The van der Waals surface area contributed by atoms with Crippen LogP contribution in [-0.2, 0) is 16.0 Å². The number of carbonyl (C=O) groups excluding carboxylic acids is 2. The van der Waals surface area contributed by atoms with Crippen molar-refractivity contribution >= 4 is 46.4 Å². The number of hydrogen-bond donors (Lipinski definition) is 2. The molecule has 2 aromatic rings. The molecule has 0 saturated carbocycles. The first kappa shape index (κ1) is 16.8. The smallest absolute Gasteiger partial charge is 0.227 e. The molecule has 0 fully saturated rings. The summed E-state index contributed by atoms with van der Waals surface area (Å²) in [6.07, 6.45) is 1.39. The SMILES string of the molecule is O=C(CCC1Cc2ccccc2NC1=O)Nc1cc(Cl)cc(Cl)c1. The van der Waals surface area contributed by atoms with Gasteiger partial charge in [0, 0.05) is 33.8 Å². The van der Waals surface area contributed by atoms with E-state index in [0.717, 1.165) is 11.3 Å². The molecule has 2 amide bonds. The molecule has 1 aliphatic rings.